The molecule has 0 saturated heterocycles. The molecular formula is C25H21N3O4. The number of fused-ring (bicyclic) bond motifs is 2. The zero-order chi connectivity index (χ0) is 22.2. The molecule has 0 N–H and O–H groups in total. The van der Waals surface area contributed by atoms with Gasteiger partial charge in [-0.1, -0.05) is 49.6 Å². The maximum Gasteiger partial charge on any atom is 0.277 e. The lowest BCUT2D eigenvalue weighted by atomic mass is 9.83. The van der Waals surface area contributed by atoms with Crippen molar-refractivity contribution in [3.8, 4) is 0 Å². The standard InChI is InChI=1S/C25H21N3O4/c29-15-14-27-20-13-7-6-12-19(20)21(16-8-2-1-3-9-16)26-22(25(27)32)28-23(30)17-10-4-5-11-18(17)24(28)31/h4-7,10-14,16,22H,1-3,8-9H2. The van der Waals surface area contributed by atoms with Gasteiger partial charge in [0, 0.05) is 11.5 Å². The second-order valence-electron chi connectivity index (χ2n) is 8.22. The van der Waals surface area contributed by atoms with Gasteiger partial charge in [0.25, 0.3) is 17.7 Å². The molecule has 3 amide bonds. The van der Waals surface area contributed by atoms with Gasteiger partial charge in [-0.05, 0) is 31.0 Å². The second kappa shape index (κ2) is 8.02. The number of carbonyl (C=O) groups excluding carboxylic acids is 4. The molecular weight excluding hydrogens is 406 g/mol. The number of rotatable bonds is 3. The molecule has 7 nitrogen and oxygen atoms in total. The van der Waals surface area contributed by atoms with Crippen LogP contribution in [0.5, 0.6) is 0 Å². The second-order valence-corrected chi connectivity index (χ2v) is 8.22. The number of para-hydroxylation sites is 1. The molecule has 160 valence electrons. The molecule has 5 rings (SSSR count). The highest BCUT2D eigenvalue weighted by atomic mass is 16.2. The highest BCUT2D eigenvalue weighted by molar-refractivity contribution is 6.24. The molecule has 0 spiro atoms. The SMILES string of the molecule is O=C=CN1C(=O)C(N2C(=O)c3ccccc3C2=O)N=C(C2CCCCC2)c2ccccc21. The van der Waals surface area contributed by atoms with Gasteiger partial charge in [-0.2, -0.15) is 0 Å². The first kappa shape index (κ1) is 20.1. The van der Waals surface area contributed by atoms with Gasteiger partial charge in [0.05, 0.1) is 28.7 Å². The maximum absolute atomic E-state index is 13.6. The summed E-state index contributed by atoms with van der Waals surface area (Å²) in [5, 5.41) is 0. The molecule has 3 aliphatic rings. The molecule has 0 aromatic heterocycles. The van der Waals surface area contributed by atoms with E-state index < -0.39 is 23.9 Å². The Morgan fingerprint density at radius 1 is 0.844 bits per heavy atom. The smallest absolute Gasteiger partial charge is 0.273 e. The molecule has 2 aromatic rings. The number of benzene rings is 2. The van der Waals surface area contributed by atoms with E-state index in [4.69, 9.17) is 4.99 Å². The van der Waals surface area contributed by atoms with E-state index in [1.807, 2.05) is 12.1 Å². The molecule has 1 unspecified atom stereocenters. The minimum absolute atomic E-state index is 0.107. The zero-order valence-electron chi connectivity index (χ0n) is 17.4. The predicted molar refractivity (Wildman–Crippen MR) is 118 cm³/mol. The summed E-state index contributed by atoms with van der Waals surface area (Å²) in [6, 6.07) is 13.7. The van der Waals surface area contributed by atoms with Gasteiger partial charge in [-0.15, -0.1) is 0 Å². The number of imide groups is 1. The molecule has 7 heteroatoms. The van der Waals surface area contributed by atoms with E-state index in [0.717, 1.165) is 53.7 Å². The Morgan fingerprint density at radius 2 is 1.44 bits per heavy atom. The van der Waals surface area contributed by atoms with Crippen LogP contribution in [0.3, 0.4) is 0 Å². The fourth-order valence-electron chi connectivity index (χ4n) is 4.89. The van der Waals surface area contributed by atoms with Crippen molar-refractivity contribution in [2.24, 2.45) is 10.9 Å². The van der Waals surface area contributed by atoms with Gasteiger partial charge < -0.3 is 0 Å². The van der Waals surface area contributed by atoms with Crippen molar-refractivity contribution in [3.63, 3.8) is 0 Å². The molecule has 2 aliphatic heterocycles. The zero-order valence-corrected chi connectivity index (χ0v) is 17.4. The highest BCUT2D eigenvalue weighted by Crippen LogP contribution is 2.36. The highest BCUT2D eigenvalue weighted by Gasteiger charge is 2.46. The number of carbonyl (C=O) groups is 3. The van der Waals surface area contributed by atoms with E-state index in [1.165, 1.54) is 0 Å². The van der Waals surface area contributed by atoms with E-state index in [2.05, 4.69) is 0 Å². The Hall–Kier alpha value is -3.83. The van der Waals surface area contributed by atoms with Crippen LogP contribution >= 0.6 is 0 Å². The Morgan fingerprint density at radius 3 is 2.06 bits per heavy atom. The van der Waals surface area contributed by atoms with Crippen molar-refractivity contribution in [2.45, 2.75) is 38.3 Å². The van der Waals surface area contributed by atoms with Crippen LogP contribution in [0.25, 0.3) is 0 Å². The lowest BCUT2D eigenvalue weighted by molar-refractivity contribution is -0.121. The lowest BCUT2D eigenvalue weighted by Crippen LogP contribution is -2.48. The summed E-state index contributed by atoms with van der Waals surface area (Å²) in [4.78, 5) is 58.1. The molecule has 1 aliphatic carbocycles. The number of anilines is 1. The fraction of sp³-hybridized carbons (Fsp3) is 0.280. The minimum atomic E-state index is -1.39. The summed E-state index contributed by atoms with van der Waals surface area (Å²) >= 11 is 0. The van der Waals surface area contributed by atoms with Gasteiger partial charge in [-0.25, -0.2) is 9.69 Å². The van der Waals surface area contributed by atoms with Crippen LogP contribution in [0.2, 0.25) is 0 Å². The van der Waals surface area contributed by atoms with Crippen LogP contribution in [-0.4, -0.2) is 40.4 Å². The first-order valence-corrected chi connectivity index (χ1v) is 10.8. The first-order valence-electron chi connectivity index (χ1n) is 10.8. The average Bonchev–Trinajstić information content (AvgIpc) is 3.01. The van der Waals surface area contributed by atoms with Crippen molar-refractivity contribution in [1.82, 2.24) is 4.90 Å². The Balaban J connectivity index is 1.69. The number of aliphatic imine (C=N–C) groups is 1. The van der Waals surface area contributed by atoms with E-state index >= 15 is 0 Å². The number of amides is 3. The minimum Gasteiger partial charge on any atom is -0.273 e. The lowest BCUT2D eigenvalue weighted by Gasteiger charge is -2.26. The van der Waals surface area contributed by atoms with Gasteiger partial charge in [-0.3, -0.25) is 24.3 Å². The van der Waals surface area contributed by atoms with Gasteiger partial charge in [0.2, 0.25) is 6.17 Å². The maximum atomic E-state index is 13.6. The van der Waals surface area contributed by atoms with Crippen molar-refractivity contribution < 1.29 is 19.2 Å². The largest absolute Gasteiger partial charge is 0.277 e. The predicted octanol–water partition coefficient (Wildman–Crippen LogP) is 3.37. The average molecular weight is 427 g/mol. The molecule has 1 atom stereocenters. The van der Waals surface area contributed by atoms with E-state index in [1.54, 1.807) is 42.3 Å². The molecule has 0 bridgehead atoms. The van der Waals surface area contributed by atoms with Gasteiger partial charge in [0.1, 0.15) is 5.94 Å². The Labute approximate surface area is 185 Å². The third-order valence-electron chi connectivity index (χ3n) is 6.40. The summed E-state index contributed by atoms with van der Waals surface area (Å²) in [7, 11) is 0. The van der Waals surface area contributed by atoms with Gasteiger partial charge in [0.15, 0.2) is 0 Å². The number of hydrogen-bond donors (Lipinski definition) is 0. The summed E-state index contributed by atoms with van der Waals surface area (Å²) in [6.07, 6.45) is 4.69. The quantitative estimate of drug-likeness (QED) is 0.555. The van der Waals surface area contributed by atoms with Crippen LogP contribution in [-0.2, 0) is 9.59 Å². The molecule has 2 aromatic carbocycles. The molecule has 1 fully saturated rings. The summed E-state index contributed by atoms with van der Waals surface area (Å²) in [5.41, 5.74) is 2.44. The third kappa shape index (κ3) is 3.10. The molecule has 1 saturated carbocycles. The fourth-order valence-corrected chi connectivity index (χ4v) is 4.89. The summed E-state index contributed by atoms with van der Waals surface area (Å²) in [6.45, 7) is 0. The molecule has 0 radical (unpaired) electrons. The Kier molecular flexibility index (Phi) is 5.04. The van der Waals surface area contributed by atoms with Crippen LogP contribution < -0.4 is 4.90 Å². The van der Waals surface area contributed by atoms with Crippen LogP contribution in [0.1, 0.15) is 58.4 Å². The van der Waals surface area contributed by atoms with Crippen LogP contribution in [0, 0.1) is 5.92 Å². The monoisotopic (exact) mass is 427 g/mol. The van der Waals surface area contributed by atoms with Crippen molar-refractivity contribution >= 4 is 35.1 Å². The third-order valence-corrected chi connectivity index (χ3v) is 6.40. The van der Waals surface area contributed by atoms with Crippen molar-refractivity contribution in [2.75, 3.05) is 4.90 Å². The van der Waals surface area contributed by atoms with E-state index in [0.29, 0.717) is 11.4 Å². The summed E-state index contributed by atoms with van der Waals surface area (Å²) in [5.74, 6) is 0.0243. The van der Waals surface area contributed by atoms with E-state index in [-0.39, 0.29) is 17.0 Å². The topological polar surface area (TPSA) is 87.1 Å². The first-order chi connectivity index (χ1) is 15.6. The normalized spacial score (nSPS) is 20.9. The number of benzodiazepines with no additional fused rings is 1. The molecule has 32 heavy (non-hydrogen) atoms. The van der Waals surface area contributed by atoms with Crippen molar-refractivity contribution in [1.29, 1.82) is 0 Å². The number of nitrogens with zero attached hydrogens (tertiary/aromatic N) is 3. The Bertz CT molecular complexity index is 1170. The van der Waals surface area contributed by atoms with Crippen molar-refractivity contribution in [3.05, 3.63) is 71.4 Å². The molecule has 2 heterocycles. The van der Waals surface area contributed by atoms with Gasteiger partial charge >= 0.3 is 0 Å². The number of hydrogen-bond acceptors (Lipinski definition) is 5. The van der Waals surface area contributed by atoms with E-state index in [9.17, 15) is 19.2 Å². The van der Waals surface area contributed by atoms with Crippen LogP contribution in [0.4, 0.5) is 5.69 Å². The van der Waals surface area contributed by atoms with Crippen LogP contribution in [0.15, 0.2) is 59.7 Å². The summed E-state index contributed by atoms with van der Waals surface area (Å²) < 4.78 is 0.